The molecular formula is C14H26N2. The van der Waals surface area contributed by atoms with Crippen molar-refractivity contribution in [2.75, 3.05) is 6.54 Å². The predicted octanol–water partition coefficient (Wildman–Crippen LogP) is 3.34. The first-order valence-corrected chi connectivity index (χ1v) is 6.59. The Bertz CT molecular complexity index is 250. The highest BCUT2D eigenvalue weighted by atomic mass is 14.9. The Labute approximate surface area is 100 Å². The molecule has 1 aliphatic carbocycles. The molecule has 0 amide bonds. The molecule has 0 heterocycles. The lowest BCUT2D eigenvalue weighted by Gasteiger charge is -2.33. The van der Waals surface area contributed by atoms with E-state index in [4.69, 9.17) is 5.26 Å². The molecule has 0 bridgehead atoms. The molecule has 0 aliphatic heterocycles. The molecule has 0 aromatic rings. The number of rotatable bonds is 4. The normalized spacial score (nSPS) is 26.8. The van der Waals surface area contributed by atoms with E-state index in [2.05, 4.69) is 25.2 Å². The monoisotopic (exact) mass is 222 g/mol. The third kappa shape index (κ3) is 4.14. The van der Waals surface area contributed by atoms with E-state index in [0.29, 0.717) is 6.04 Å². The van der Waals surface area contributed by atoms with Gasteiger partial charge in [-0.2, -0.15) is 5.26 Å². The van der Waals surface area contributed by atoms with Crippen LogP contribution in [0.15, 0.2) is 0 Å². The van der Waals surface area contributed by atoms with Crippen LogP contribution in [0.1, 0.15) is 53.4 Å². The molecule has 0 aromatic heterocycles. The van der Waals surface area contributed by atoms with E-state index in [1.54, 1.807) is 0 Å². The molecule has 1 N–H and O–H groups in total. The number of nitrogens with zero attached hydrogens (tertiary/aromatic N) is 1. The summed E-state index contributed by atoms with van der Waals surface area (Å²) >= 11 is 0. The van der Waals surface area contributed by atoms with Crippen LogP contribution in [-0.4, -0.2) is 12.6 Å². The second-order valence-corrected chi connectivity index (χ2v) is 6.24. The van der Waals surface area contributed by atoms with Gasteiger partial charge in [0.15, 0.2) is 0 Å². The minimum Gasteiger partial charge on any atom is -0.312 e. The summed E-state index contributed by atoms with van der Waals surface area (Å²) in [5.74, 6) is 1.67. The summed E-state index contributed by atoms with van der Waals surface area (Å²) < 4.78 is 0. The van der Waals surface area contributed by atoms with Crippen molar-refractivity contribution in [3.63, 3.8) is 0 Å². The number of nitrogens with one attached hydrogen (secondary N) is 1. The zero-order valence-electron chi connectivity index (χ0n) is 11.2. The van der Waals surface area contributed by atoms with Gasteiger partial charge in [0.1, 0.15) is 0 Å². The fourth-order valence-electron chi connectivity index (χ4n) is 2.46. The van der Waals surface area contributed by atoms with Crippen LogP contribution >= 0.6 is 0 Å². The molecule has 2 atom stereocenters. The first-order chi connectivity index (χ1) is 7.44. The zero-order valence-corrected chi connectivity index (χ0v) is 11.2. The fraction of sp³-hybridized carbons (Fsp3) is 0.929. The van der Waals surface area contributed by atoms with Crippen LogP contribution < -0.4 is 5.32 Å². The maximum Gasteiger partial charge on any atom is 0.0697 e. The third-order valence-electron chi connectivity index (χ3n) is 3.79. The third-order valence-corrected chi connectivity index (χ3v) is 3.79. The smallest absolute Gasteiger partial charge is 0.0697 e. The Morgan fingerprint density at radius 2 is 2.06 bits per heavy atom. The van der Waals surface area contributed by atoms with Crippen molar-refractivity contribution < 1.29 is 0 Å². The lowest BCUT2D eigenvalue weighted by Crippen LogP contribution is -2.40. The van der Waals surface area contributed by atoms with Crippen LogP contribution in [0.2, 0.25) is 0 Å². The molecule has 2 nitrogen and oxygen atoms in total. The van der Waals surface area contributed by atoms with Gasteiger partial charge >= 0.3 is 0 Å². The maximum atomic E-state index is 8.97. The molecule has 0 spiro atoms. The van der Waals surface area contributed by atoms with Crippen LogP contribution in [0.3, 0.4) is 0 Å². The summed E-state index contributed by atoms with van der Waals surface area (Å²) in [6, 6.07) is 2.99. The van der Waals surface area contributed by atoms with Gasteiger partial charge in [0, 0.05) is 12.6 Å². The van der Waals surface area contributed by atoms with Crippen molar-refractivity contribution in [3.05, 3.63) is 0 Å². The van der Waals surface area contributed by atoms with Crippen molar-refractivity contribution in [2.45, 2.75) is 59.4 Å². The molecule has 2 heteroatoms. The van der Waals surface area contributed by atoms with Gasteiger partial charge in [-0.05, 0) is 38.5 Å². The van der Waals surface area contributed by atoms with Gasteiger partial charge in [-0.25, -0.2) is 0 Å². The first-order valence-electron chi connectivity index (χ1n) is 6.59. The highest BCUT2D eigenvalue weighted by molar-refractivity contribution is 4.94. The molecule has 2 unspecified atom stereocenters. The van der Waals surface area contributed by atoms with Gasteiger partial charge < -0.3 is 5.32 Å². The Morgan fingerprint density at radius 1 is 1.38 bits per heavy atom. The second-order valence-electron chi connectivity index (χ2n) is 6.24. The van der Waals surface area contributed by atoms with Crippen molar-refractivity contribution in [1.29, 1.82) is 5.26 Å². The molecule has 1 saturated carbocycles. The highest BCUT2D eigenvalue weighted by Gasteiger charge is 2.25. The highest BCUT2D eigenvalue weighted by Crippen LogP contribution is 2.30. The largest absolute Gasteiger partial charge is 0.312 e. The topological polar surface area (TPSA) is 35.8 Å². The lowest BCUT2D eigenvalue weighted by molar-refractivity contribution is 0.223. The Kier molecular flexibility index (Phi) is 4.80. The minimum absolute atomic E-state index is 0.231. The van der Waals surface area contributed by atoms with Crippen LogP contribution in [0.4, 0.5) is 0 Å². The molecule has 0 radical (unpaired) electrons. The summed E-state index contributed by atoms with van der Waals surface area (Å²) in [4.78, 5) is 0. The number of nitriles is 1. The summed E-state index contributed by atoms with van der Waals surface area (Å²) in [6.07, 6.45) is 5.30. The molecular weight excluding hydrogens is 196 g/mol. The average Bonchev–Trinajstić information content (AvgIpc) is 2.27. The second kappa shape index (κ2) is 5.68. The van der Waals surface area contributed by atoms with Crippen molar-refractivity contribution in [2.24, 2.45) is 17.3 Å². The molecule has 1 aliphatic rings. The summed E-state index contributed by atoms with van der Waals surface area (Å²) in [5.41, 5.74) is -0.231. The first kappa shape index (κ1) is 13.5. The fourth-order valence-corrected chi connectivity index (χ4v) is 2.46. The van der Waals surface area contributed by atoms with Crippen LogP contribution in [-0.2, 0) is 0 Å². The van der Waals surface area contributed by atoms with Crippen LogP contribution in [0.5, 0.6) is 0 Å². The maximum absolute atomic E-state index is 8.97. The van der Waals surface area contributed by atoms with Gasteiger partial charge in [0.2, 0.25) is 0 Å². The van der Waals surface area contributed by atoms with E-state index in [0.717, 1.165) is 18.4 Å². The molecule has 92 valence electrons. The van der Waals surface area contributed by atoms with Crippen molar-refractivity contribution >= 4 is 0 Å². The Balaban J connectivity index is 2.36. The summed E-state index contributed by atoms with van der Waals surface area (Å²) in [7, 11) is 0. The van der Waals surface area contributed by atoms with Gasteiger partial charge in [-0.3, -0.25) is 0 Å². The van der Waals surface area contributed by atoms with E-state index >= 15 is 0 Å². The van der Waals surface area contributed by atoms with Gasteiger partial charge in [-0.1, -0.05) is 26.7 Å². The molecule has 0 aromatic carbocycles. The summed E-state index contributed by atoms with van der Waals surface area (Å²) in [5, 5.41) is 12.5. The van der Waals surface area contributed by atoms with E-state index in [1.807, 2.05) is 13.8 Å². The van der Waals surface area contributed by atoms with Crippen LogP contribution in [0, 0.1) is 28.6 Å². The van der Waals surface area contributed by atoms with Gasteiger partial charge in [0.25, 0.3) is 0 Å². The van der Waals surface area contributed by atoms with Crippen LogP contribution in [0.25, 0.3) is 0 Å². The van der Waals surface area contributed by atoms with Gasteiger partial charge in [-0.15, -0.1) is 0 Å². The molecule has 0 saturated heterocycles. The number of hydrogen-bond acceptors (Lipinski definition) is 2. The van der Waals surface area contributed by atoms with E-state index < -0.39 is 0 Å². The molecule has 1 fully saturated rings. The van der Waals surface area contributed by atoms with Crippen molar-refractivity contribution in [3.8, 4) is 6.07 Å². The summed E-state index contributed by atoms with van der Waals surface area (Å²) in [6.45, 7) is 9.48. The predicted molar refractivity (Wildman–Crippen MR) is 68.0 cm³/mol. The Hall–Kier alpha value is -0.550. The number of hydrogen-bond donors (Lipinski definition) is 1. The average molecular weight is 222 g/mol. The van der Waals surface area contributed by atoms with E-state index in [9.17, 15) is 0 Å². The van der Waals surface area contributed by atoms with Crippen molar-refractivity contribution in [1.82, 2.24) is 5.32 Å². The minimum atomic E-state index is -0.231. The standard InChI is InChI=1S/C14H26N2/c1-11(2)12-6-5-7-13(8-12)16-10-14(3,4)9-15/h11-13,16H,5-8,10H2,1-4H3. The Morgan fingerprint density at radius 3 is 2.62 bits per heavy atom. The molecule has 1 rings (SSSR count). The lowest BCUT2D eigenvalue weighted by atomic mass is 9.79. The quantitative estimate of drug-likeness (QED) is 0.792. The molecule has 16 heavy (non-hydrogen) atoms. The van der Waals surface area contributed by atoms with E-state index in [-0.39, 0.29) is 5.41 Å². The van der Waals surface area contributed by atoms with Gasteiger partial charge in [0.05, 0.1) is 11.5 Å². The van der Waals surface area contributed by atoms with E-state index in [1.165, 1.54) is 25.7 Å². The zero-order chi connectivity index (χ0) is 12.2. The SMILES string of the molecule is CC(C)C1CCCC(NCC(C)(C)C#N)C1.